The summed E-state index contributed by atoms with van der Waals surface area (Å²) in [5, 5.41) is 9.14. The number of hydrogen-bond donors (Lipinski definition) is 0. The third-order valence-electron chi connectivity index (χ3n) is 4.14. The highest BCUT2D eigenvalue weighted by Crippen LogP contribution is 2.38. The maximum Gasteiger partial charge on any atom is 0.494 e. The Morgan fingerprint density at radius 3 is 2.57 bits per heavy atom. The summed E-state index contributed by atoms with van der Waals surface area (Å²) in [6.07, 6.45) is 1.83. The molecule has 112 valence electrons. The minimum absolute atomic E-state index is 0.0745. The summed E-state index contributed by atoms with van der Waals surface area (Å²) in [5.41, 5.74) is 0.946. The topological polar surface area (TPSA) is 51.5 Å². The molecule has 1 heterocycles. The summed E-state index contributed by atoms with van der Waals surface area (Å²) in [4.78, 5) is 0. The van der Waals surface area contributed by atoms with E-state index < -0.39 is 7.12 Å². The van der Waals surface area contributed by atoms with Crippen molar-refractivity contribution < 1.29 is 13.5 Å². The van der Waals surface area contributed by atoms with Crippen LogP contribution in [-0.4, -0.2) is 25.6 Å². The first kappa shape index (κ1) is 16.2. The molecule has 0 N–H and O–H groups in total. The van der Waals surface area contributed by atoms with Crippen molar-refractivity contribution in [1.82, 2.24) is 0 Å². The Morgan fingerprint density at radius 2 is 2.00 bits per heavy atom. The summed E-state index contributed by atoms with van der Waals surface area (Å²) >= 11 is 1.24. The smallest absolute Gasteiger partial charge is 0.426 e. The molecule has 0 bridgehead atoms. The van der Waals surface area contributed by atoms with Crippen LogP contribution in [0.1, 0.15) is 33.3 Å². The van der Waals surface area contributed by atoms with Crippen molar-refractivity contribution in [1.29, 1.82) is 5.26 Å². The molecule has 0 saturated carbocycles. The zero-order valence-corrected chi connectivity index (χ0v) is 13.9. The van der Waals surface area contributed by atoms with Crippen molar-refractivity contribution in [3.05, 3.63) is 23.8 Å². The van der Waals surface area contributed by atoms with Crippen LogP contribution >= 0.6 is 12.0 Å². The van der Waals surface area contributed by atoms with E-state index in [0.717, 1.165) is 5.46 Å². The second kappa shape index (κ2) is 5.92. The van der Waals surface area contributed by atoms with E-state index in [1.165, 1.54) is 12.0 Å². The van der Waals surface area contributed by atoms with Gasteiger partial charge < -0.3 is 13.5 Å². The standard InChI is InChI=1S/C15H20BNO3S/c1-14(2)10-18-16(20-15(14,3)4)12-6-11(9-17)7-13(8-12)19-21-5/h6-8H,10H2,1-5H3. The van der Waals surface area contributed by atoms with Gasteiger partial charge in [-0.2, -0.15) is 5.26 Å². The summed E-state index contributed by atoms with van der Waals surface area (Å²) in [5.74, 6) is 0.631. The lowest BCUT2D eigenvalue weighted by Crippen LogP contribution is -2.58. The van der Waals surface area contributed by atoms with Crippen molar-refractivity contribution in [3.63, 3.8) is 0 Å². The molecule has 21 heavy (non-hydrogen) atoms. The molecule has 0 aromatic heterocycles. The highest BCUT2D eigenvalue weighted by Gasteiger charge is 2.47. The molecule has 1 saturated heterocycles. The lowest BCUT2D eigenvalue weighted by atomic mass is 9.69. The van der Waals surface area contributed by atoms with Gasteiger partial charge in [0.2, 0.25) is 0 Å². The van der Waals surface area contributed by atoms with Gasteiger partial charge >= 0.3 is 7.12 Å². The molecule has 1 aromatic carbocycles. The third kappa shape index (κ3) is 3.37. The Morgan fingerprint density at radius 1 is 1.29 bits per heavy atom. The first-order valence-electron chi connectivity index (χ1n) is 6.84. The summed E-state index contributed by atoms with van der Waals surface area (Å²) < 4.78 is 17.4. The number of nitriles is 1. The van der Waals surface area contributed by atoms with Gasteiger partial charge in [-0.1, -0.05) is 13.8 Å². The number of nitrogens with zero attached hydrogens (tertiary/aromatic N) is 1. The van der Waals surface area contributed by atoms with Crippen LogP contribution in [0.4, 0.5) is 0 Å². The molecule has 0 amide bonds. The van der Waals surface area contributed by atoms with E-state index in [0.29, 0.717) is 17.9 Å². The normalized spacial score (nSPS) is 19.9. The highest BCUT2D eigenvalue weighted by molar-refractivity contribution is 7.94. The predicted octanol–water partition coefficient (Wildman–Crippen LogP) is 2.76. The molecular formula is C15H20BNO3S. The molecule has 0 radical (unpaired) electrons. The minimum Gasteiger partial charge on any atom is -0.426 e. The zero-order chi connectivity index (χ0) is 15.7. The van der Waals surface area contributed by atoms with E-state index in [-0.39, 0.29) is 11.0 Å². The van der Waals surface area contributed by atoms with E-state index in [2.05, 4.69) is 33.8 Å². The Hall–Kier alpha value is -1.16. The van der Waals surface area contributed by atoms with Gasteiger partial charge in [-0.25, -0.2) is 0 Å². The van der Waals surface area contributed by atoms with Crippen molar-refractivity contribution in [2.45, 2.75) is 33.3 Å². The molecule has 0 atom stereocenters. The fraction of sp³-hybridized carbons (Fsp3) is 0.533. The quantitative estimate of drug-likeness (QED) is 0.635. The summed E-state index contributed by atoms with van der Waals surface area (Å²) in [7, 11) is -0.481. The van der Waals surface area contributed by atoms with Crippen LogP contribution in [0.5, 0.6) is 5.75 Å². The van der Waals surface area contributed by atoms with Crippen LogP contribution in [0.3, 0.4) is 0 Å². The largest absolute Gasteiger partial charge is 0.494 e. The number of hydrogen-bond acceptors (Lipinski definition) is 5. The van der Waals surface area contributed by atoms with Crippen LogP contribution in [0.2, 0.25) is 0 Å². The number of rotatable bonds is 3. The lowest BCUT2D eigenvalue weighted by molar-refractivity contribution is -0.0937. The fourth-order valence-corrected chi connectivity index (χ4v) is 2.34. The summed E-state index contributed by atoms with van der Waals surface area (Å²) in [6, 6.07) is 7.49. The van der Waals surface area contributed by atoms with Gasteiger partial charge in [0.25, 0.3) is 0 Å². The van der Waals surface area contributed by atoms with Gasteiger partial charge in [-0.3, -0.25) is 0 Å². The van der Waals surface area contributed by atoms with Crippen molar-refractivity contribution in [2.24, 2.45) is 5.41 Å². The van der Waals surface area contributed by atoms with Crippen molar-refractivity contribution in [2.75, 3.05) is 12.9 Å². The molecule has 1 aromatic rings. The molecule has 0 spiro atoms. The molecule has 4 nitrogen and oxygen atoms in total. The van der Waals surface area contributed by atoms with E-state index in [4.69, 9.17) is 18.8 Å². The van der Waals surface area contributed by atoms with Gasteiger partial charge in [0.15, 0.2) is 0 Å². The Bertz CT molecular complexity index is 569. The van der Waals surface area contributed by atoms with Gasteiger partial charge in [-0.15, -0.1) is 0 Å². The molecule has 1 aliphatic heterocycles. The first-order valence-corrected chi connectivity index (χ1v) is 7.99. The van der Waals surface area contributed by atoms with Crippen LogP contribution in [-0.2, 0) is 9.31 Å². The van der Waals surface area contributed by atoms with Gasteiger partial charge in [0.1, 0.15) is 5.75 Å². The van der Waals surface area contributed by atoms with Crippen molar-refractivity contribution >= 4 is 24.6 Å². The fourth-order valence-electron chi connectivity index (χ4n) is 2.05. The molecule has 2 rings (SSSR count). The number of benzene rings is 1. The van der Waals surface area contributed by atoms with E-state index in [1.54, 1.807) is 12.1 Å². The van der Waals surface area contributed by atoms with Crippen LogP contribution in [0, 0.1) is 16.7 Å². The lowest BCUT2D eigenvalue weighted by Gasteiger charge is -2.47. The van der Waals surface area contributed by atoms with Crippen molar-refractivity contribution in [3.8, 4) is 11.8 Å². The highest BCUT2D eigenvalue weighted by atomic mass is 32.2. The van der Waals surface area contributed by atoms with E-state index in [1.807, 2.05) is 12.3 Å². The average Bonchev–Trinajstić information content (AvgIpc) is 2.42. The third-order valence-corrected chi connectivity index (χ3v) is 4.50. The zero-order valence-electron chi connectivity index (χ0n) is 13.1. The van der Waals surface area contributed by atoms with Crippen LogP contribution in [0.15, 0.2) is 18.2 Å². The van der Waals surface area contributed by atoms with Gasteiger partial charge in [0.05, 0.1) is 29.3 Å². The van der Waals surface area contributed by atoms with E-state index in [9.17, 15) is 0 Å². The maximum atomic E-state index is 9.14. The summed E-state index contributed by atoms with van der Waals surface area (Å²) in [6.45, 7) is 8.97. The van der Waals surface area contributed by atoms with Gasteiger partial charge in [0, 0.05) is 18.3 Å². The SMILES string of the molecule is CSOc1cc(C#N)cc(B2OCC(C)(C)C(C)(C)O2)c1. The monoisotopic (exact) mass is 305 g/mol. The molecule has 0 aliphatic carbocycles. The average molecular weight is 305 g/mol. The minimum atomic E-state index is -0.481. The van der Waals surface area contributed by atoms with Gasteiger partial charge in [-0.05, 0) is 37.5 Å². The van der Waals surface area contributed by atoms with E-state index >= 15 is 0 Å². The maximum absolute atomic E-state index is 9.14. The Balaban J connectivity index is 2.30. The molecule has 1 aliphatic rings. The Kier molecular flexibility index (Phi) is 4.57. The second-order valence-electron chi connectivity index (χ2n) is 6.31. The second-order valence-corrected chi connectivity index (χ2v) is 6.81. The predicted molar refractivity (Wildman–Crippen MR) is 85.6 cm³/mol. The molecule has 6 heteroatoms. The first-order chi connectivity index (χ1) is 9.79. The molecular weight excluding hydrogens is 285 g/mol. The van der Waals surface area contributed by atoms with Crippen LogP contribution < -0.4 is 9.65 Å². The molecule has 1 fully saturated rings. The Labute approximate surface area is 131 Å². The van der Waals surface area contributed by atoms with Crippen LogP contribution in [0.25, 0.3) is 0 Å². The molecule has 0 unspecified atom stereocenters.